The van der Waals surface area contributed by atoms with Crippen molar-refractivity contribution in [2.45, 2.75) is 51.5 Å². The lowest BCUT2D eigenvalue weighted by Gasteiger charge is -2.32. The lowest BCUT2D eigenvalue weighted by atomic mass is 9.98. The second kappa shape index (κ2) is 5.86. The molecular formula is C13H26N2. The van der Waals surface area contributed by atoms with Gasteiger partial charge in [0.1, 0.15) is 0 Å². The Morgan fingerprint density at radius 2 is 2.13 bits per heavy atom. The van der Waals surface area contributed by atoms with Crippen LogP contribution in [0.15, 0.2) is 0 Å². The zero-order valence-corrected chi connectivity index (χ0v) is 10.2. The second-order valence-corrected chi connectivity index (χ2v) is 5.34. The number of nitrogens with one attached hydrogen (secondary N) is 1. The summed E-state index contributed by atoms with van der Waals surface area (Å²) in [6.07, 6.45) is 8.42. The highest BCUT2D eigenvalue weighted by atomic mass is 15.1. The van der Waals surface area contributed by atoms with E-state index in [1.54, 1.807) is 0 Å². The Morgan fingerprint density at radius 1 is 1.27 bits per heavy atom. The number of rotatable bonds is 6. The van der Waals surface area contributed by atoms with E-state index in [0.717, 1.165) is 12.0 Å². The summed E-state index contributed by atoms with van der Waals surface area (Å²) < 4.78 is 0. The lowest BCUT2D eigenvalue weighted by Crippen LogP contribution is -2.40. The number of unbranched alkanes of at least 4 members (excludes halogenated alkanes) is 1. The number of piperidine rings is 1. The summed E-state index contributed by atoms with van der Waals surface area (Å²) >= 11 is 0. The van der Waals surface area contributed by atoms with Crippen molar-refractivity contribution in [3.05, 3.63) is 0 Å². The van der Waals surface area contributed by atoms with Crippen LogP contribution in [0.2, 0.25) is 0 Å². The van der Waals surface area contributed by atoms with Gasteiger partial charge in [-0.3, -0.25) is 0 Å². The summed E-state index contributed by atoms with van der Waals surface area (Å²) in [6.45, 7) is 7.58. The molecule has 2 rings (SSSR count). The maximum Gasteiger partial charge on any atom is 0.00683 e. The molecule has 0 spiro atoms. The highest BCUT2D eigenvalue weighted by molar-refractivity contribution is 4.83. The van der Waals surface area contributed by atoms with Gasteiger partial charge >= 0.3 is 0 Å². The molecule has 0 aromatic rings. The largest absolute Gasteiger partial charge is 0.314 e. The number of hydrogen-bond donors (Lipinski definition) is 1. The maximum absolute atomic E-state index is 3.68. The van der Waals surface area contributed by atoms with E-state index in [2.05, 4.69) is 17.1 Å². The molecule has 1 unspecified atom stereocenters. The monoisotopic (exact) mass is 210 g/mol. The van der Waals surface area contributed by atoms with Gasteiger partial charge in [0.2, 0.25) is 0 Å². The van der Waals surface area contributed by atoms with Crippen molar-refractivity contribution < 1.29 is 0 Å². The molecule has 0 amide bonds. The summed E-state index contributed by atoms with van der Waals surface area (Å²) in [7, 11) is 0. The average Bonchev–Trinajstić information content (AvgIpc) is 3.08. The fourth-order valence-corrected chi connectivity index (χ4v) is 2.52. The first kappa shape index (κ1) is 11.4. The van der Waals surface area contributed by atoms with Gasteiger partial charge in [-0.2, -0.15) is 0 Å². The Bertz CT molecular complexity index is 177. The molecular weight excluding hydrogens is 184 g/mol. The van der Waals surface area contributed by atoms with E-state index in [1.165, 1.54) is 64.7 Å². The maximum atomic E-state index is 3.68. The molecule has 1 N–H and O–H groups in total. The minimum absolute atomic E-state index is 0.885. The summed E-state index contributed by atoms with van der Waals surface area (Å²) in [6, 6.07) is 0.885. The van der Waals surface area contributed by atoms with Crippen LogP contribution in [0.25, 0.3) is 0 Å². The molecule has 15 heavy (non-hydrogen) atoms. The molecule has 1 aliphatic heterocycles. The number of likely N-dealkylation sites (tertiary alicyclic amines) is 1. The standard InChI is InChI=1S/C13H26N2/c1-2-3-8-15-9-4-5-12(11-15)10-14-13-6-7-13/h12-14H,2-11H2,1H3. The lowest BCUT2D eigenvalue weighted by molar-refractivity contribution is 0.170. The Hall–Kier alpha value is -0.0800. The predicted molar refractivity (Wildman–Crippen MR) is 65.1 cm³/mol. The van der Waals surface area contributed by atoms with Gasteiger partial charge in [-0.15, -0.1) is 0 Å². The van der Waals surface area contributed by atoms with Crippen LogP contribution >= 0.6 is 0 Å². The molecule has 0 bridgehead atoms. The van der Waals surface area contributed by atoms with Crippen LogP contribution in [-0.2, 0) is 0 Å². The summed E-state index contributed by atoms with van der Waals surface area (Å²) in [5.74, 6) is 0.927. The van der Waals surface area contributed by atoms with E-state index in [0.29, 0.717) is 0 Å². The third-order valence-corrected chi connectivity index (χ3v) is 3.70. The fourth-order valence-electron chi connectivity index (χ4n) is 2.52. The Kier molecular flexibility index (Phi) is 4.45. The van der Waals surface area contributed by atoms with Crippen molar-refractivity contribution in [2.75, 3.05) is 26.2 Å². The third-order valence-electron chi connectivity index (χ3n) is 3.70. The zero-order valence-electron chi connectivity index (χ0n) is 10.2. The predicted octanol–water partition coefficient (Wildman–Crippen LogP) is 2.25. The van der Waals surface area contributed by atoms with E-state index in [1.807, 2.05) is 0 Å². The normalized spacial score (nSPS) is 28.2. The minimum Gasteiger partial charge on any atom is -0.314 e. The van der Waals surface area contributed by atoms with Crippen molar-refractivity contribution in [3.8, 4) is 0 Å². The van der Waals surface area contributed by atoms with Crippen LogP contribution in [-0.4, -0.2) is 37.1 Å². The molecule has 0 aromatic carbocycles. The van der Waals surface area contributed by atoms with E-state index in [9.17, 15) is 0 Å². The highest BCUT2D eigenvalue weighted by Crippen LogP contribution is 2.21. The van der Waals surface area contributed by atoms with Gasteiger partial charge < -0.3 is 10.2 Å². The van der Waals surface area contributed by atoms with Gasteiger partial charge in [0.25, 0.3) is 0 Å². The summed E-state index contributed by atoms with van der Waals surface area (Å²) in [4.78, 5) is 2.67. The average molecular weight is 210 g/mol. The molecule has 0 radical (unpaired) electrons. The van der Waals surface area contributed by atoms with E-state index in [-0.39, 0.29) is 0 Å². The van der Waals surface area contributed by atoms with Gasteiger partial charge in [0.05, 0.1) is 0 Å². The fraction of sp³-hybridized carbons (Fsp3) is 1.00. The molecule has 2 aliphatic rings. The van der Waals surface area contributed by atoms with E-state index < -0.39 is 0 Å². The van der Waals surface area contributed by atoms with Gasteiger partial charge in [-0.25, -0.2) is 0 Å². The molecule has 1 heterocycles. The zero-order chi connectivity index (χ0) is 10.5. The van der Waals surface area contributed by atoms with Crippen molar-refractivity contribution in [1.29, 1.82) is 0 Å². The third kappa shape index (κ3) is 4.12. The minimum atomic E-state index is 0.885. The van der Waals surface area contributed by atoms with Gasteiger partial charge in [-0.05, 0) is 57.7 Å². The van der Waals surface area contributed by atoms with E-state index >= 15 is 0 Å². The molecule has 88 valence electrons. The van der Waals surface area contributed by atoms with Crippen LogP contribution in [0.4, 0.5) is 0 Å². The van der Waals surface area contributed by atoms with Crippen LogP contribution < -0.4 is 5.32 Å². The van der Waals surface area contributed by atoms with E-state index in [4.69, 9.17) is 0 Å². The summed E-state index contributed by atoms with van der Waals surface area (Å²) in [5, 5.41) is 3.68. The molecule has 1 saturated heterocycles. The van der Waals surface area contributed by atoms with Gasteiger partial charge in [0, 0.05) is 12.6 Å². The molecule has 1 atom stereocenters. The SMILES string of the molecule is CCCCN1CCCC(CNC2CC2)C1. The molecule has 2 fully saturated rings. The summed E-state index contributed by atoms with van der Waals surface area (Å²) in [5.41, 5.74) is 0. The molecule has 0 aromatic heterocycles. The first-order valence-corrected chi connectivity index (χ1v) is 6.84. The topological polar surface area (TPSA) is 15.3 Å². The van der Waals surface area contributed by atoms with Crippen LogP contribution in [0.3, 0.4) is 0 Å². The Labute approximate surface area is 94.4 Å². The molecule has 2 heteroatoms. The van der Waals surface area contributed by atoms with Crippen molar-refractivity contribution in [2.24, 2.45) is 5.92 Å². The smallest absolute Gasteiger partial charge is 0.00683 e. The first-order chi connectivity index (χ1) is 7.38. The van der Waals surface area contributed by atoms with Crippen LogP contribution in [0.5, 0.6) is 0 Å². The number of nitrogens with zero attached hydrogens (tertiary/aromatic N) is 1. The van der Waals surface area contributed by atoms with Crippen molar-refractivity contribution in [3.63, 3.8) is 0 Å². The Balaban J connectivity index is 1.61. The van der Waals surface area contributed by atoms with Crippen molar-refractivity contribution in [1.82, 2.24) is 10.2 Å². The molecule has 1 saturated carbocycles. The quantitative estimate of drug-likeness (QED) is 0.723. The first-order valence-electron chi connectivity index (χ1n) is 6.84. The number of hydrogen-bond acceptors (Lipinski definition) is 2. The van der Waals surface area contributed by atoms with Crippen molar-refractivity contribution >= 4 is 0 Å². The highest BCUT2D eigenvalue weighted by Gasteiger charge is 2.24. The van der Waals surface area contributed by atoms with Crippen LogP contribution in [0, 0.1) is 5.92 Å². The molecule has 1 aliphatic carbocycles. The molecule has 2 nitrogen and oxygen atoms in total. The second-order valence-electron chi connectivity index (χ2n) is 5.34. The van der Waals surface area contributed by atoms with Gasteiger partial charge in [0.15, 0.2) is 0 Å². The van der Waals surface area contributed by atoms with Crippen LogP contribution in [0.1, 0.15) is 45.4 Å². The van der Waals surface area contributed by atoms with Gasteiger partial charge in [-0.1, -0.05) is 13.3 Å². The Morgan fingerprint density at radius 3 is 2.87 bits per heavy atom.